The van der Waals surface area contributed by atoms with Gasteiger partial charge in [-0.2, -0.15) is 0 Å². The maximum Gasteiger partial charge on any atom is 0.225 e. The van der Waals surface area contributed by atoms with Gasteiger partial charge in [0.15, 0.2) is 0 Å². The van der Waals surface area contributed by atoms with Crippen molar-refractivity contribution in [1.29, 1.82) is 0 Å². The Labute approximate surface area is 157 Å². The molecule has 1 aliphatic rings. The number of nitrogens with one attached hydrogen (secondary N) is 1. The second-order valence-electron chi connectivity index (χ2n) is 6.49. The van der Waals surface area contributed by atoms with Gasteiger partial charge in [-0.1, -0.05) is 24.3 Å². The molecule has 2 N–H and O–H groups in total. The molecule has 0 aromatic heterocycles. The van der Waals surface area contributed by atoms with Crippen LogP contribution in [-0.4, -0.2) is 35.5 Å². The van der Waals surface area contributed by atoms with E-state index in [4.69, 9.17) is 0 Å². The SMILES string of the molecule is O=C(CCN1CCC(c2ccc(O)cc2)CC1)Nc1ccccc1Br. The minimum Gasteiger partial charge on any atom is -0.508 e. The number of anilines is 1. The predicted octanol–water partition coefficient (Wildman–Crippen LogP) is 4.36. The van der Waals surface area contributed by atoms with E-state index >= 15 is 0 Å². The van der Waals surface area contributed by atoms with Gasteiger partial charge in [-0.15, -0.1) is 0 Å². The lowest BCUT2D eigenvalue weighted by molar-refractivity contribution is -0.116. The summed E-state index contributed by atoms with van der Waals surface area (Å²) in [5, 5.41) is 12.3. The molecule has 0 saturated carbocycles. The number of nitrogens with zero attached hydrogens (tertiary/aromatic N) is 1. The van der Waals surface area contributed by atoms with Crippen molar-refractivity contribution in [2.24, 2.45) is 0 Å². The first-order valence-electron chi connectivity index (χ1n) is 8.67. The standard InChI is InChI=1S/C20H23BrN2O2/c21-18-3-1-2-4-19(18)22-20(25)11-14-23-12-9-16(10-13-23)15-5-7-17(24)8-6-15/h1-8,16,24H,9-14H2,(H,22,25). The van der Waals surface area contributed by atoms with Crippen LogP contribution in [0.25, 0.3) is 0 Å². The molecular formula is C20H23BrN2O2. The summed E-state index contributed by atoms with van der Waals surface area (Å²) in [6.07, 6.45) is 2.69. The second kappa shape index (κ2) is 8.50. The molecule has 3 rings (SSSR count). The molecule has 0 radical (unpaired) electrons. The molecule has 0 bridgehead atoms. The van der Waals surface area contributed by atoms with Crippen LogP contribution in [0.3, 0.4) is 0 Å². The van der Waals surface area contributed by atoms with Gasteiger partial charge < -0.3 is 15.3 Å². The fraction of sp³-hybridized carbons (Fsp3) is 0.350. The maximum atomic E-state index is 12.1. The van der Waals surface area contributed by atoms with Gasteiger partial charge in [0.25, 0.3) is 0 Å². The summed E-state index contributed by atoms with van der Waals surface area (Å²) in [7, 11) is 0. The molecular weight excluding hydrogens is 380 g/mol. The van der Waals surface area contributed by atoms with Crippen molar-refractivity contribution in [2.45, 2.75) is 25.2 Å². The Balaban J connectivity index is 1.42. The number of halogens is 1. The van der Waals surface area contributed by atoms with Gasteiger partial charge in [-0.25, -0.2) is 0 Å². The first-order valence-corrected chi connectivity index (χ1v) is 9.47. The normalized spacial score (nSPS) is 15.9. The zero-order chi connectivity index (χ0) is 17.6. The molecule has 1 saturated heterocycles. The number of hydrogen-bond acceptors (Lipinski definition) is 3. The molecule has 5 heteroatoms. The summed E-state index contributed by atoms with van der Waals surface area (Å²) in [5.41, 5.74) is 2.11. The van der Waals surface area contributed by atoms with Crippen LogP contribution in [0.1, 0.15) is 30.7 Å². The van der Waals surface area contributed by atoms with E-state index in [2.05, 4.69) is 26.1 Å². The number of aromatic hydroxyl groups is 1. The molecule has 0 atom stereocenters. The van der Waals surface area contributed by atoms with E-state index in [0.29, 0.717) is 18.1 Å². The van der Waals surface area contributed by atoms with Crippen LogP contribution >= 0.6 is 15.9 Å². The molecule has 1 fully saturated rings. The van der Waals surface area contributed by atoms with E-state index < -0.39 is 0 Å². The minimum absolute atomic E-state index is 0.0487. The van der Waals surface area contributed by atoms with E-state index in [0.717, 1.165) is 42.6 Å². The van der Waals surface area contributed by atoms with Crippen LogP contribution in [0.15, 0.2) is 53.0 Å². The number of amides is 1. The Hall–Kier alpha value is -1.85. The highest BCUT2D eigenvalue weighted by molar-refractivity contribution is 9.10. The van der Waals surface area contributed by atoms with Crippen molar-refractivity contribution in [3.8, 4) is 5.75 Å². The second-order valence-corrected chi connectivity index (χ2v) is 7.34. The van der Waals surface area contributed by atoms with Crippen LogP contribution < -0.4 is 5.32 Å². The van der Waals surface area contributed by atoms with Crippen LogP contribution in [-0.2, 0) is 4.79 Å². The molecule has 0 unspecified atom stereocenters. The molecule has 4 nitrogen and oxygen atoms in total. The van der Waals surface area contributed by atoms with E-state index in [1.165, 1.54) is 5.56 Å². The molecule has 1 heterocycles. The van der Waals surface area contributed by atoms with Crippen molar-refractivity contribution in [2.75, 3.05) is 25.0 Å². The number of piperidine rings is 1. The quantitative estimate of drug-likeness (QED) is 0.780. The van der Waals surface area contributed by atoms with Gasteiger partial charge in [-0.05, 0) is 77.6 Å². The Morgan fingerprint density at radius 2 is 1.80 bits per heavy atom. The summed E-state index contributed by atoms with van der Waals surface area (Å²) in [6.45, 7) is 2.81. The van der Waals surface area contributed by atoms with Crippen molar-refractivity contribution in [3.63, 3.8) is 0 Å². The third-order valence-corrected chi connectivity index (χ3v) is 5.45. The number of likely N-dealkylation sites (tertiary alicyclic amines) is 1. The van der Waals surface area contributed by atoms with Crippen LogP contribution in [0.5, 0.6) is 5.75 Å². The number of para-hydroxylation sites is 1. The van der Waals surface area contributed by atoms with Gasteiger partial charge in [0.05, 0.1) is 5.69 Å². The fourth-order valence-corrected chi connectivity index (χ4v) is 3.66. The number of rotatable bonds is 5. The monoisotopic (exact) mass is 402 g/mol. The van der Waals surface area contributed by atoms with E-state index in [-0.39, 0.29) is 5.91 Å². The highest BCUT2D eigenvalue weighted by Crippen LogP contribution is 2.29. The van der Waals surface area contributed by atoms with Crippen molar-refractivity contribution < 1.29 is 9.90 Å². The van der Waals surface area contributed by atoms with Gasteiger partial charge in [-0.3, -0.25) is 4.79 Å². The first-order chi connectivity index (χ1) is 12.1. The van der Waals surface area contributed by atoms with E-state index in [9.17, 15) is 9.90 Å². The zero-order valence-corrected chi connectivity index (χ0v) is 15.7. The van der Waals surface area contributed by atoms with Crippen LogP contribution in [0.4, 0.5) is 5.69 Å². The lowest BCUT2D eigenvalue weighted by atomic mass is 9.89. The van der Waals surface area contributed by atoms with Gasteiger partial charge in [0.2, 0.25) is 5.91 Å². The molecule has 0 aliphatic carbocycles. The van der Waals surface area contributed by atoms with Gasteiger partial charge in [0, 0.05) is 17.4 Å². The van der Waals surface area contributed by atoms with Gasteiger partial charge in [0.1, 0.15) is 5.75 Å². The zero-order valence-electron chi connectivity index (χ0n) is 14.1. The fourth-order valence-electron chi connectivity index (χ4n) is 3.27. The highest BCUT2D eigenvalue weighted by atomic mass is 79.9. The number of phenolic OH excluding ortho intramolecular Hbond substituents is 1. The summed E-state index contributed by atoms with van der Waals surface area (Å²) >= 11 is 3.44. The summed E-state index contributed by atoms with van der Waals surface area (Å²) in [4.78, 5) is 14.5. The highest BCUT2D eigenvalue weighted by Gasteiger charge is 2.21. The van der Waals surface area contributed by atoms with Crippen LogP contribution in [0, 0.1) is 0 Å². The number of carbonyl (C=O) groups excluding carboxylic acids is 1. The first kappa shape index (κ1) is 18.0. The van der Waals surface area contributed by atoms with Crippen molar-refractivity contribution >= 4 is 27.5 Å². The molecule has 2 aromatic rings. The maximum absolute atomic E-state index is 12.1. The summed E-state index contributed by atoms with van der Waals surface area (Å²) < 4.78 is 0.901. The average Bonchev–Trinajstić information content (AvgIpc) is 2.63. The number of carbonyl (C=O) groups is 1. The van der Waals surface area contributed by atoms with E-state index in [1.54, 1.807) is 12.1 Å². The lowest BCUT2D eigenvalue weighted by Gasteiger charge is -2.32. The van der Waals surface area contributed by atoms with Crippen molar-refractivity contribution in [1.82, 2.24) is 4.90 Å². The predicted molar refractivity (Wildman–Crippen MR) is 104 cm³/mol. The Morgan fingerprint density at radius 1 is 1.12 bits per heavy atom. The smallest absolute Gasteiger partial charge is 0.225 e. The van der Waals surface area contributed by atoms with Crippen molar-refractivity contribution in [3.05, 3.63) is 58.6 Å². The molecule has 2 aromatic carbocycles. The Morgan fingerprint density at radius 3 is 2.48 bits per heavy atom. The summed E-state index contributed by atoms with van der Waals surface area (Å²) in [5.74, 6) is 0.913. The average molecular weight is 403 g/mol. The third-order valence-electron chi connectivity index (χ3n) is 4.76. The molecule has 0 spiro atoms. The van der Waals surface area contributed by atoms with Crippen LogP contribution in [0.2, 0.25) is 0 Å². The number of phenols is 1. The summed E-state index contributed by atoms with van der Waals surface area (Å²) in [6, 6.07) is 15.2. The minimum atomic E-state index is 0.0487. The third kappa shape index (κ3) is 5.06. The number of hydrogen-bond donors (Lipinski definition) is 2. The molecule has 1 amide bonds. The lowest BCUT2D eigenvalue weighted by Crippen LogP contribution is -2.35. The Kier molecular flexibility index (Phi) is 6.10. The van der Waals surface area contributed by atoms with Gasteiger partial charge >= 0.3 is 0 Å². The number of benzene rings is 2. The largest absolute Gasteiger partial charge is 0.508 e. The molecule has 1 aliphatic heterocycles. The topological polar surface area (TPSA) is 52.6 Å². The Bertz CT molecular complexity index is 710. The molecule has 25 heavy (non-hydrogen) atoms. The molecule has 132 valence electrons. The van der Waals surface area contributed by atoms with E-state index in [1.807, 2.05) is 36.4 Å².